The fourth-order valence-electron chi connectivity index (χ4n) is 1.15. The summed E-state index contributed by atoms with van der Waals surface area (Å²) in [4.78, 5) is 4.26. The lowest BCUT2D eigenvalue weighted by molar-refractivity contribution is 0.344. The van der Waals surface area contributed by atoms with Crippen LogP contribution in [0.1, 0.15) is 13.8 Å². The first kappa shape index (κ1) is 15.2. The van der Waals surface area contributed by atoms with E-state index >= 15 is 0 Å². The molecule has 0 aliphatic carbocycles. The Balaban J connectivity index is 2.18. The maximum Gasteiger partial charge on any atom is 0.154 e. The maximum absolute atomic E-state index is 5.78. The molecular weight excluding hydrogens is 268 g/mol. The van der Waals surface area contributed by atoms with E-state index < -0.39 is 0 Å². The van der Waals surface area contributed by atoms with E-state index in [0.717, 1.165) is 18.0 Å². The summed E-state index contributed by atoms with van der Waals surface area (Å²) in [5.74, 6) is 2.14. The smallest absolute Gasteiger partial charge is 0.154 e. The van der Waals surface area contributed by atoms with Gasteiger partial charge in [0.1, 0.15) is 5.75 Å². The van der Waals surface area contributed by atoms with Crippen LogP contribution in [0.4, 0.5) is 0 Å². The fourth-order valence-corrected chi connectivity index (χ4v) is 1.82. The monoisotopic (exact) mass is 286 g/mol. The Bertz CT molecular complexity index is 379. The second kappa shape index (κ2) is 8.27. The van der Waals surface area contributed by atoms with Gasteiger partial charge in [-0.1, -0.05) is 37.2 Å². The van der Waals surface area contributed by atoms with Crippen molar-refractivity contribution in [3.63, 3.8) is 0 Å². The van der Waals surface area contributed by atoms with Crippen LogP contribution < -0.4 is 10.5 Å². The number of halogens is 1. The van der Waals surface area contributed by atoms with Crippen molar-refractivity contribution in [3.05, 3.63) is 29.3 Å². The maximum atomic E-state index is 5.78. The van der Waals surface area contributed by atoms with Crippen molar-refractivity contribution in [3.8, 4) is 5.75 Å². The number of benzene rings is 1. The van der Waals surface area contributed by atoms with E-state index in [-0.39, 0.29) is 0 Å². The first-order valence-electron chi connectivity index (χ1n) is 5.89. The Labute approximate surface area is 118 Å². The summed E-state index contributed by atoms with van der Waals surface area (Å²) in [7, 11) is 0. The Morgan fingerprint density at radius 3 is 2.67 bits per heavy atom. The third kappa shape index (κ3) is 6.77. The van der Waals surface area contributed by atoms with Gasteiger partial charge in [0, 0.05) is 17.3 Å². The van der Waals surface area contributed by atoms with Gasteiger partial charge in [-0.05, 0) is 30.2 Å². The summed E-state index contributed by atoms with van der Waals surface area (Å²) < 4.78 is 5.55. The summed E-state index contributed by atoms with van der Waals surface area (Å²) in [5, 5.41) is 1.34. The lowest BCUT2D eigenvalue weighted by Crippen LogP contribution is -2.12. The van der Waals surface area contributed by atoms with Gasteiger partial charge in [-0.15, -0.1) is 0 Å². The van der Waals surface area contributed by atoms with Gasteiger partial charge in [0.25, 0.3) is 0 Å². The van der Waals surface area contributed by atoms with Crippen molar-refractivity contribution in [2.24, 2.45) is 16.6 Å². The highest BCUT2D eigenvalue weighted by Crippen LogP contribution is 2.15. The highest BCUT2D eigenvalue weighted by molar-refractivity contribution is 8.13. The number of hydrogen-bond donors (Lipinski definition) is 1. The molecule has 0 heterocycles. The molecule has 1 aromatic carbocycles. The van der Waals surface area contributed by atoms with Crippen LogP contribution in [0, 0.1) is 5.92 Å². The molecule has 1 aromatic rings. The number of nitrogens with zero attached hydrogens (tertiary/aromatic N) is 1. The fraction of sp³-hybridized carbons (Fsp3) is 0.462. The lowest BCUT2D eigenvalue weighted by Gasteiger charge is -2.06. The summed E-state index contributed by atoms with van der Waals surface area (Å²) in [6.45, 7) is 5.61. The van der Waals surface area contributed by atoms with E-state index in [0.29, 0.717) is 22.7 Å². The van der Waals surface area contributed by atoms with Crippen LogP contribution in [0.5, 0.6) is 5.75 Å². The Morgan fingerprint density at radius 1 is 1.39 bits per heavy atom. The minimum absolute atomic E-state index is 0.537. The lowest BCUT2D eigenvalue weighted by atomic mass is 10.2. The highest BCUT2D eigenvalue weighted by Gasteiger charge is 1.97. The largest absolute Gasteiger partial charge is 0.493 e. The molecule has 0 aromatic heterocycles. The number of aliphatic imine (C=N–C) groups is 1. The average molecular weight is 287 g/mol. The van der Waals surface area contributed by atoms with Crippen LogP contribution in [0.25, 0.3) is 0 Å². The SMILES string of the molecule is CC(C)CN=C(N)SCCOc1ccc(Cl)cc1. The quantitative estimate of drug-likeness (QED) is 0.495. The number of amidine groups is 1. The standard InChI is InChI=1S/C13H19ClN2OS/c1-10(2)9-16-13(15)18-8-7-17-12-5-3-11(14)4-6-12/h3-6,10H,7-9H2,1-2H3,(H2,15,16). The van der Waals surface area contributed by atoms with Gasteiger partial charge in [-0.3, -0.25) is 4.99 Å². The molecule has 0 aliphatic heterocycles. The number of thioether (sulfide) groups is 1. The minimum Gasteiger partial charge on any atom is -0.493 e. The minimum atomic E-state index is 0.537. The number of rotatable bonds is 6. The predicted octanol–water partition coefficient (Wildman–Crippen LogP) is 3.42. The topological polar surface area (TPSA) is 47.6 Å². The molecule has 0 radical (unpaired) electrons. The van der Waals surface area contributed by atoms with Crippen LogP contribution in [0.2, 0.25) is 5.02 Å². The molecule has 0 atom stereocenters. The first-order valence-corrected chi connectivity index (χ1v) is 7.25. The Kier molecular flexibility index (Phi) is 6.98. The number of hydrogen-bond acceptors (Lipinski definition) is 3. The normalized spacial score (nSPS) is 11.9. The number of nitrogens with two attached hydrogens (primary N) is 1. The van der Waals surface area contributed by atoms with Gasteiger partial charge < -0.3 is 10.5 Å². The summed E-state index contributed by atoms with van der Waals surface area (Å²) in [6.07, 6.45) is 0. The van der Waals surface area contributed by atoms with Gasteiger partial charge in [0.15, 0.2) is 5.17 Å². The van der Waals surface area contributed by atoms with E-state index in [1.165, 1.54) is 11.8 Å². The van der Waals surface area contributed by atoms with Crippen LogP contribution in [0.3, 0.4) is 0 Å². The zero-order chi connectivity index (χ0) is 13.4. The van der Waals surface area contributed by atoms with Crippen molar-refractivity contribution < 1.29 is 4.74 Å². The molecule has 3 nitrogen and oxygen atoms in total. The van der Waals surface area contributed by atoms with Gasteiger partial charge >= 0.3 is 0 Å². The highest BCUT2D eigenvalue weighted by atomic mass is 35.5. The number of ether oxygens (including phenoxy) is 1. The molecule has 0 spiro atoms. The molecule has 0 unspecified atom stereocenters. The van der Waals surface area contributed by atoms with Gasteiger partial charge in [0.05, 0.1) is 6.61 Å². The Hall–Kier alpha value is -0.870. The first-order chi connectivity index (χ1) is 8.58. The second-order valence-corrected chi connectivity index (χ2v) is 5.78. The zero-order valence-electron chi connectivity index (χ0n) is 10.7. The molecule has 0 bridgehead atoms. The van der Waals surface area contributed by atoms with Crippen LogP contribution >= 0.6 is 23.4 Å². The molecule has 2 N–H and O–H groups in total. The molecule has 18 heavy (non-hydrogen) atoms. The molecule has 0 fully saturated rings. The predicted molar refractivity (Wildman–Crippen MR) is 80.7 cm³/mol. The summed E-state index contributed by atoms with van der Waals surface area (Å²) in [5.41, 5.74) is 5.76. The van der Waals surface area contributed by atoms with Crippen molar-refractivity contribution >= 4 is 28.5 Å². The van der Waals surface area contributed by atoms with Gasteiger partial charge in [-0.25, -0.2) is 0 Å². The van der Waals surface area contributed by atoms with E-state index in [9.17, 15) is 0 Å². The van der Waals surface area contributed by atoms with Crippen molar-refractivity contribution in [1.29, 1.82) is 0 Å². The molecule has 0 saturated heterocycles. The summed E-state index contributed by atoms with van der Waals surface area (Å²) in [6, 6.07) is 7.32. The van der Waals surface area contributed by atoms with Crippen molar-refractivity contribution in [1.82, 2.24) is 0 Å². The molecular formula is C13H19ClN2OS. The van der Waals surface area contributed by atoms with Gasteiger partial charge in [-0.2, -0.15) is 0 Å². The second-order valence-electron chi connectivity index (χ2n) is 4.22. The van der Waals surface area contributed by atoms with E-state index in [1.807, 2.05) is 24.3 Å². The van der Waals surface area contributed by atoms with Crippen LogP contribution in [0.15, 0.2) is 29.3 Å². The third-order valence-corrected chi connectivity index (χ3v) is 3.08. The molecule has 100 valence electrons. The molecule has 0 saturated carbocycles. The van der Waals surface area contributed by atoms with E-state index in [1.54, 1.807) is 0 Å². The zero-order valence-corrected chi connectivity index (χ0v) is 12.3. The van der Waals surface area contributed by atoms with Crippen LogP contribution in [-0.4, -0.2) is 24.1 Å². The van der Waals surface area contributed by atoms with Crippen molar-refractivity contribution in [2.75, 3.05) is 18.9 Å². The van der Waals surface area contributed by atoms with Crippen LogP contribution in [-0.2, 0) is 0 Å². The van der Waals surface area contributed by atoms with E-state index in [2.05, 4.69) is 18.8 Å². The van der Waals surface area contributed by atoms with Crippen molar-refractivity contribution in [2.45, 2.75) is 13.8 Å². The molecule has 0 amide bonds. The molecule has 0 aliphatic rings. The molecule has 1 rings (SSSR count). The third-order valence-electron chi connectivity index (χ3n) is 2.03. The summed E-state index contributed by atoms with van der Waals surface area (Å²) >= 11 is 7.30. The van der Waals surface area contributed by atoms with Gasteiger partial charge in [0.2, 0.25) is 0 Å². The average Bonchev–Trinajstić information content (AvgIpc) is 2.34. The molecule has 5 heteroatoms. The Morgan fingerprint density at radius 2 is 2.06 bits per heavy atom. The van der Waals surface area contributed by atoms with E-state index in [4.69, 9.17) is 22.1 Å².